The van der Waals surface area contributed by atoms with Crippen LogP contribution in [0.4, 0.5) is 0 Å². The van der Waals surface area contributed by atoms with Crippen molar-refractivity contribution in [3.05, 3.63) is 75.9 Å². The molecule has 0 aromatic heterocycles. The van der Waals surface area contributed by atoms with Gasteiger partial charge in [0.1, 0.15) is 0 Å². The Labute approximate surface area is 153 Å². The van der Waals surface area contributed by atoms with Gasteiger partial charge in [-0.25, -0.2) is 0 Å². The number of rotatable bonds is 1. The van der Waals surface area contributed by atoms with Gasteiger partial charge in [-0.1, -0.05) is 56.8 Å². The second kappa shape index (κ2) is 6.64. The molecule has 0 aliphatic heterocycles. The Kier molecular flexibility index (Phi) is 4.77. The first kappa shape index (κ1) is 16.5. The molecule has 0 heterocycles. The first-order chi connectivity index (χ1) is 11.0. The minimum Gasteiger partial charge on any atom is -0.0952 e. The van der Waals surface area contributed by atoms with Gasteiger partial charge in [-0.15, -0.1) is 0 Å². The number of fused-ring (bicyclic) bond motifs is 1. The monoisotopic (exact) mass is 414 g/mol. The van der Waals surface area contributed by atoms with E-state index >= 15 is 0 Å². The molecule has 0 spiro atoms. The lowest BCUT2D eigenvalue weighted by Gasteiger charge is -2.28. The molecule has 1 heteroatoms. The molecule has 118 valence electrons. The Hall–Kier alpha value is -1.35. The predicted molar refractivity (Wildman–Crippen MR) is 110 cm³/mol. The molecule has 0 nitrogen and oxygen atoms in total. The van der Waals surface area contributed by atoms with E-state index in [9.17, 15) is 0 Å². The average molecular weight is 414 g/mol. The Morgan fingerprint density at radius 1 is 0.957 bits per heavy atom. The van der Waals surface area contributed by atoms with E-state index in [0.29, 0.717) is 0 Å². The quantitative estimate of drug-likeness (QED) is 0.349. The van der Waals surface area contributed by atoms with Gasteiger partial charge in [0.25, 0.3) is 0 Å². The fourth-order valence-corrected chi connectivity index (χ4v) is 3.59. The first-order valence-electron chi connectivity index (χ1n) is 8.21. The summed E-state index contributed by atoms with van der Waals surface area (Å²) >= 11 is 2.35. The molecule has 3 rings (SSSR count). The lowest BCUT2D eigenvalue weighted by molar-refractivity contribution is 0.533. The Morgan fingerprint density at radius 3 is 2.39 bits per heavy atom. The molecule has 1 aliphatic rings. The third kappa shape index (κ3) is 3.60. The molecule has 0 saturated carbocycles. The van der Waals surface area contributed by atoms with Crippen molar-refractivity contribution in [1.82, 2.24) is 0 Å². The molecule has 0 amide bonds. The predicted octanol–water partition coefficient (Wildman–Crippen LogP) is 6.99. The maximum Gasteiger partial charge on any atom is 0.0130 e. The van der Waals surface area contributed by atoms with Crippen molar-refractivity contribution < 1.29 is 0 Å². The highest BCUT2D eigenvalue weighted by atomic mass is 127. The van der Waals surface area contributed by atoms with Crippen molar-refractivity contribution in [2.75, 3.05) is 0 Å². The summed E-state index contributed by atoms with van der Waals surface area (Å²) in [5.41, 5.74) is 6.72. The third-order valence-corrected chi connectivity index (χ3v) is 5.43. The highest BCUT2D eigenvalue weighted by molar-refractivity contribution is 14.1. The van der Waals surface area contributed by atoms with Gasteiger partial charge in [0.2, 0.25) is 0 Å². The van der Waals surface area contributed by atoms with Crippen LogP contribution in [0.2, 0.25) is 0 Å². The van der Waals surface area contributed by atoms with Crippen LogP contribution in [0.5, 0.6) is 0 Å². The maximum absolute atomic E-state index is 4.34. The molecule has 0 N–H and O–H groups in total. The largest absolute Gasteiger partial charge is 0.0952 e. The summed E-state index contributed by atoms with van der Waals surface area (Å²) in [6.07, 6.45) is 7.85. The molecule has 0 bridgehead atoms. The summed E-state index contributed by atoms with van der Waals surface area (Å²) in [4.78, 5) is 0. The second-order valence-electron chi connectivity index (χ2n) is 6.97. The third-order valence-electron chi connectivity index (χ3n) is 4.71. The standard InChI is InChI=1S/C22H23I/c1-16-7-5-4-6-14-22(2,3)21-15-18(10-13-20(16)21)17-8-11-19(23)12-9-17/h4,6,8-13,15H,1,5,7,14H2,2-3H3/b6-4-. The molecule has 0 atom stereocenters. The topological polar surface area (TPSA) is 0 Å². The highest BCUT2D eigenvalue weighted by Crippen LogP contribution is 2.38. The van der Waals surface area contributed by atoms with Crippen LogP contribution in [0.15, 0.2) is 61.2 Å². The van der Waals surface area contributed by atoms with Crippen LogP contribution >= 0.6 is 22.6 Å². The van der Waals surface area contributed by atoms with E-state index in [-0.39, 0.29) is 5.41 Å². The minimum absolute atomic E-state index is 0.123. The van der Waals surface area contributed by atoms with Gasteiger partial charge in [-0.3, -0.25) is 0 Å². The Bertz CT molecular complexity index is 748. The molecular formula is C22H23I. The number of hydrogen-bond acceptors (Lipinski definition) is 0. The van der Waals surface area contributed by atoms with Crippen molar-refractivity contribution in [3.63, 3.8) is 0 Å². The summed E-state index contributed by atoms with van der Waals surface area (Å²) in [6.45, 7) is 9.02. The van der Waals surface area contributed by atoms with Crippen molar-refractivity contribution in [2.45, 2.75) is 38.5 Å². The minimum atomic E-state index is 0.123. The lowest BCUT2D eigenvalue weighted by atomic mass is 9.77. The van der Waals surface area contributed by atoms with Gasteiger partial charge >= 0.3 is 0 Å². The lowest BCUT2D eigenvalue weighted by Crippen LogP contribution is -2.18. The molecule has 0 unspecified atom stereocenters. The van der Waals surface area contributed by atoms with Crippen molar-refractivity contribution in [1.29, 1.82) is 0 Å². The number of hydrogen-bond donors (Lipinski definition) is 0. The fraction of sp³-hybridized carbons (Fsp3) is 0.273. The van der Waals surface area contributed by atoms with E-state index in [1.807, 2.05) is 0 Å². The van der Waals surface area contributed by atoms with Gasteiger partial charge in [0, 0.05) is 3.57 Å². The van der Waals surface area contributed by atoms with Crippen LogP contribution in [-0.2, 0) is 5.41 Å². The molecule has 0 radical (unpaired) electrons. The van der Waals surface area contributed by atoms with Crippen molar-refractivity contribution >= 4 is 28.2 Å². The first-order valence-corrected chi connectivity index (χ1v) is 9.29. The van der Waals surface area contributed by atoms with E-state index in [0.717, 1.165) is 19.3 Å². The molecular weight excluding hydrogens is 391 g/mol. The smallest absolute Gasteiger partial charge is 0.0130 e. The summed E-state index contributed by atoms with van der Waals surface area (Å²) in [5, 5.41) is 0. The van der Waals surface area contributed by atoms with E-state index < -0.39 is 0 Å². The van der Waals surface area contributed by atoms with E-state index in [1.54, 1.807) is 0 Å². The summed E-state index contributed by atoms with van der Waals surface area (Å²) < 4.78 is 1.27. The van der Waals surface area contributed by atoms with Crippen LogP contribution < -0.4 is 0 Å². The molecule has 1 aliphatic carbocycles. The maximum atomic E-state index is 4.34. The zero-order chi connectivity index (χ0) is 16.4. The van der Waals surface area contributed by atoms with Gasteiger partial charge in [-0.2, -0.15) is 0 Å². The Balaban J connectivity index is 2.13. The SMILES string of the molecule is C=C1CC/C=C\CC(C)(C)c2cc(-c3ccc(I)cc3)ccc21. The zero-order valence-corrected chi connectivity index (χ0v) is 16.1. The highest BCUT2D eigenvalue weighted by Gasteiger charge is 2.24. The number of allylic oxidation sites excluding steroid dienone is 3. The van der Waals surface area contributed by atoms with Crippen LogP contribution in [0, 0.1) is 3.57 Å². The Morgan fingerprint density at radius 2 is 1.65 bits per heavy atom. The van der Waals surface area contributed by atoms with Crippen LogP contribution in [0.25, 0.3) is 16.7 Å². The molecule has 0 fully saturated rings. The van der Waals surface area contributed by atoms with Gasteiger partial charge in [-0.05, 0) is 93.3 Å². The zero-order valence-electron chi connectivity index (χ0n) is 13.9. The van der Waals surface area contributed by atoms with E-state index in [2.05, 4.69) is 97.6 Å². The summed E-state index contributed by atoms with van der Waals surface area (Å²) in [6, 6.07) is 15.7. The summed E-state index contributed by atoms with van der Waals surface area (Å²) in [5.74, 6) is 0. The van der Waals surface area contributed by atoms with Gasteiger partial charge < -0.3 is 0 Å². The average Bonchev–Trinajstić information content (AvgIpc) is 2.58. The second-order valence-corrected chi connectivity index (χ2v) is 8.21. The van der Waals surface area contributed by atoms with Crippen LogP contribution in [-0.4, -0.2) is 0 Å². The van der Waals surface area contributed by atoms with Gasteiger partial charge in [0.15, 0.2) is 0 Å². The van der Waals surface area contributed by atoms with E-state index in [1.165, 1.54) is 31.4 Å². The van der Waals surface area contributed by atoms with Crippen LogP contribution in [0.1, 0.15) is 44.2 Å². The number of benzene rings is 2. The molecule has 2 aromatic rings. The normalized spacial score (nSPS) is 18.5. The molecule has 2 aromatic carbocycles. The molecule has 0 saturated heterocycles. The molecule has 23 heavy (non-hydrogen) atoms. The van der Waals surface area contributed by atoms with Crippen molar-refractivity contribution in [3.8, 4) is 11.1 Å². The van der Waals surface area contributed by atoms with Crippen LogP contribution in [0.3, 0.4) is 0 Å². The van der Waals surface area contributed by atoms with E-state index in [4.69, 9.17) is 0 Å². The van der Waals surface area contributed by atoms with Crippen molar-refractivity contribution in [2.24, 2.45) is 0 Å². The summed E-state index contributed by atoms with van der Waals surface area (Å²) in [7, 11) is 0. The fourth-order valence-electron chi connectivity index (χ4n) is 3.23. The number of halogens is 1. The van der Waals surface area contributed by atoms with Gasteiger partial charge in [0.05, 0.1) is 0 Å².